The summed E-state index contributed by atoms with van der Waals surface area (Å²) in [6.45, 7) is 1.61. The molecule has 0 aromatic heterocycles. The van der Waals surface area contributed by atoms with E-state index in [9.17, 15) is 9.50 Å². The summed E-state index contributed by atoms with van der Waals surface area (Å²) in [5.41, 5.74) is 0.719. The molecule has 0 amide bonds. The summed E-state index contributed by atoms with van der Waals surface area (Å²) in [5, 5.41) is 9.48. The zero-order valence-corrected chi connectivity index (χ0v) is 10.1. The molecule has 1 aromatic rings. The number of hydrogen-bond acceptors (Lipinski definition) is 2. The van der Waals surface area contributed by atoms with Crippen LogP contribution in [0.4, 0.5) is 4.39 Å². The summed E-state index contributed by atoms with van der Waals surface area (Å²) in [5.74, 6) is 0.604. The Morgan fingerprint density at radius 2 is 2.27 bits per heavy atom. The van der Waals surface area contributed by atoms with Crippen LogP contribution in [0.15, 0.2) is 22.7 Å². The van der Waals surface area contributed by atoms with Crippen LogP contribution in [0.25, 0.3) is 0 Å². The van der Waals surface area contributed by atoms with Gasteiger partial charge in [0.2, 0.25) is 0 Å². The molecule has 0 aliphatic heterocycles. The summed E-state index contributed by atoms with van der Waals surface area (Å²) < 4.78 is 18.2. The Balaban J connectivity index is 2.77. The molecule has 4 heteroatoms. The molecule has 2 nitrogen and oxygen atoms in total. The lowest BCUT2D eigenvalue weighted by atomic mass is 10.1. The fourth-order valence-electron chi connectivity index (χ4n) is 1.22. The number of halogens is 2. The lowest BCUT2D eigenvalue weighted by Gasteiger charge is -2.13. The maximum Gasteiger partial charge on any atom is 0.126 e. The molecule has 0 saturated carbocycles. The van der Waals surface area contributed by atoms with Crippen LogP contribution < -0.4 is 4.74 Å². The molecule has 0 radical (unpaired) electrons. The van der Waals surface area contributed by atoms with Crippen LogP contribution in [0.5, 0.6) is 5.75 Å². The topological polar surface area (TPSA) is 29.5 Å². The third-order valence-electron chi connectivity index (χ3n) is 1.96. The fraction of sp³-hybridized carbons (Fsp3) is 0.455. The van der Waals surface area contributed by atoms with Crippen molar-refractivity contribution in [3.05, 3.63) is 28.2 Å². The van der Waals surface area contributed by atoms with Gasteiger partial charge in [0.1, 0.15) is 5.75 Å². The normalized spacial score (nSPS) is 12.5. The predicted octanol–water partition coefficient (Wildman–Crippen LogP) is 3.24. The van der Waals surface area contributed by atoms with Crippen molar-refractivity contribution in [2.75, 3.05) is 13.3 Å². The highest BCUT2D eigenvalue weighted by molar-refractivity contribution is 9.10. The molecular formula is C11H14BrFO2. The molecule has 1 aromatic carbocycles. The maximum atomic E-state index is 11.9. The summed E-state index contributed by atoms with van der Waals surface area (Å²) in [6, 6.07) is 5.41. The number of alkyl halides is 1. The Morgan fingerprint density at radius 1 is 1.53 bits per heavy atom. The fourth-order valence-corrected chi connectivity index (χ4v) is 1.56. The van der Waals surface area contributed by atoms with Crippen molar-refractivity contribution < 1.29 is 14.2 Å². The van der Waals surface area contributed by atoms with Crippen molar-refractivity contribution in [1.29, 1.82) is 0 Å². The molecule has 84 valence electrons. The van der Waals surface area contributed by atoms with Gasteiger partial charge in [-0.3, -0.25) is 4.39 Å². The second kappa shape index (κ2) is 6.08. The van der Waals surface area contributed by atoms with Crippen molar-refractivity contribution >= 4 is 15.9 Å². The minimum Gasteiger partial charge on any atom is -0.493 e. The second-order valence-corrected chi connectivity index (χ2v) is 4.16. The minimum absolute atomic E-state index is 0.326. The van der Waals surface area contributed by atoms with Crippen molar-refractivity contribution in [1.82, 2.24) is 0 Å². The Hall–Kier alpha value is -0.610. The van der Waals surface area contributed by atoms with Crippen LogP contribution in [0.3, 0.4) is 0 Å². The summed E-state index contributed by atoms with van der Waals surface area (Å²) in [4.78, 5) is 0. The zero-order chi connectivity index (χ0) is 11.3. The number of hydrogen-bond donors (Lipinski definition) is 1. The Bertz CT molecular complexity index is 315. The number of aliphatic hydroxyl groups is 1. The summed E-state index contributed by atoms with van der Waals surface area (Å²) in [7, 11) is 0. The smallest absolute Gasteiger partial charge is 0.126 e. The van der Waals surface area contributed by atoms with Gasteiger partial charge in [-0.1, -0.05) is 22.0 Å². The Kier molecular flexibility index (Phi) is 5.05. The maximum absolute atomic E-state index is 11.9. The van der Waals surface area contributed by atoms with Crippen LogP contribution in [-0.2, 0) is 0 Å². The molecule has 0 unspecified atom stereocenters. The van der Waals surface area contributed by atoms with Crippen molar-refractivity contribution in [2.45, 2.75) is 19.4 Å². The number of rotatable bonds is 5. The van der Waals surface area contributed by atoms with Crippen LogP contribution >= 0.6 is 15.9 Å². The third-order valence-corrected chi connectivity index (χ3v) is 2.45. The SMILES string of the molecule is C[C@@H](O)c1ccc(Br)cc1OCCCF. The third kappa shape index (κ3) is 3.80. The first kappa shape index (κ1) is 12.5. The highest BCUT2D eigenvalue weighted by atomic mass is 79.9. The molecule has 0 saturated heterocycles. The van der Waals surface area contributed by atoms with Gasteiger partial charge in [0.15, 0.2) is 0 Å². The first-order valence-electron chi connectivity index (χ1n) is 4.81. The van der Waals surface area contributed by atoms with Gasteiger partial charge in [-0.25, -0.2) is 0 Å². The van der Waals surface area contributed by atoms with E-state index >= 15 is 0 Å². The first-order chi connectivity index (χ1) is 7.15. The molecule has 1 N–H and O–H groups in total. The van der Waals surface area contributed by atoms with Gasteiger partial charge < -0.3 is 9.84 Å². The monoisotopic (exact) mass is 276 g/mol. The van der Waals surface area contributed by atoms with Crippen molar-refractivity contribution in [3.8, 4) is 5.75 Å². The van der Waals surface area contributed by atoms with E-state index < -0.39 is 12.8 Å². The average Bonchev–Trinajstić information content (AvgIpc) is 2.18. The average molecular weight is 277 g/mol. The molecule has 0 fully saturated rings. The van der Waals surface area contributed by atoms with E-state index in [0.29, 0.717) is 18.8 Å². The lowest BCUT2D eigenvalue weighted by Crippen LogP contribution is -2.02. The number of ether oxygens (including phenoxy) is 1. The molecule has 0 heterocycles. The van der Waals surface area contributed by atoms with E-state index in [-0.39, 0.29) is 0 Å². The summed E-state index contributed by atoms with van der Waals surface area (Å²) >= 11 is 3.32. The van der Waals surface area contributed by atoms with Gasteiger partial charge in [-0.05, 0) is 19.1 Å². The van der Waals surface area contributed by atoms with Crippen molar-refractivity contribution in [3.63, 3.8) is 0 Å². The second-order valence-electron chi connectivity index (χ2n) is 3.25. The number of benzene rings is 1. The van der Waals surface area contributed by atoms with E-state index in [1.54, 1.807) is 19.1 Å². The lowest BCUT2D eigenvalue weighted by molar-refractivity contribution is 0.190. The van der Waals surface area contributed by atoms with E-state index in [2.05, 4.69) is 15.9 Å². The molecule has 0 spiro atoms. The van der Waals surface area contributed by atoms with Gasteiger partial charge in [0, 0.05) is 16.5 Å². The van der Waals surface area contributed by atoms with Crippen LogP contribution in [0.1, 0.15) is 25.0 Å². The highest BCUT2D eigenvalue weighted by Gasteiger charge is 2.09. The van der Waals surface area contributed by atoms with Gasteiger partial charge in [0.05, 0.1) is 19.4 Å². The number of aliphatic hydroxyl groups excluding tert-OH is 1. The first-order valence-corrected chi connectivity index (χ1v) is 5.60. The standard InChI is InChI=1S/C11H14BrFO2/c1-8(14)10-4-3-9(12)7-11(10)15-6-2-5-13/h3-4,7-8,14H,2,5-6H2,1H3/t8-/m1/s1. The van der Waals surface area contributed by atoms with Gasteiger partial charge >= 0.3 is 0 Å². The quantitative estimate of drug-likeness (QED) is 0.837. The van der Waals surface area contributed by atoms with Crippen LogP contribution in [0, 0.1) is 0 Å². The molecule has 1 rings (SSSR count). The molecule has 1 atom stereocenters. The van der Waals surface area contributed by atoms with Crippen LogP contribution in [-0.4, -0.2) is 18.4 Å². The molecule has 0 aliphatic carbocycles. The minimum atomic E-state index is -0.585. The van der Waals surface area contributed by atoms with E-state index in [1.165, 1.54) is 0 Å². The van der Waals surface area contributed by atoms with Gasteiger partial charge in [0.25, 0.3) is 0 Å². The molecular weight excluding hydrogens is 263 g/mol. The Morgan fingerprint density at radius 3 is 2.87 bits per heavy atom. The van der Waals surface area contributed by atoms with Crippen molar-refractivity contribution in [2.24, 2.45) is 0 Å². The largest absolute Gasteiger partial charge is 0.493 e. The van der Waals surface area contributed by atoms with Crippen LogP contribution in [0.2, 0.25) is 0 Å². The molecule has 0 aliphatic rings. The highest BCUT2D eigenvalue weighted by Crippen LogP contribution is 2.28. The zero-order valence-electron chi connectivity index (χ0n) is 8.54. The van der Waals surface area contributed by atoms with E-state index in [0.717, 1.165) is 10.0 Å². The molecule has 0 bridgehead atoms. The predicted molar refractivity (Wildman–Crippen MR) is 60.9 cm³/mol. The molecule has 15 heavy (non-hydrogen) atoms. The van der Waals surface area contributed by atoms with Gasteiger partial charge in [-0.15, -0.1) is 0 Å². The summed E-state index contributed by atoms with van der Waals surface area (Å²) in [6.07, 6.45) is -0.218. The van der Waals surface area contributed by atoms with E-state index in [1.807, 2.05) is 6.07 Å². The Labute approximate surface area is 97.2 Å². The van der Waals surface area contributed by atoms with Gasteiger partial charge in [-0.2, -0.15) is 0 Å². The van der Waals surface area contributed by atoms with E-state index in [4.69, 9.17) is 4.74 Å².